The van der Waals surface area contributed by atoms with E-state index >= 15 is 0 Å². The smallest absolute Gasteiger partial charge is 0.270 e. The SMILES string of the molecule is CN1CCN(C(=O)c2cc3cc(Cc4nccc(-c5cc(OC6CC=CC6)ccn5)n4)ccc3[nH]2)CC1.CN1CCN(C(=O)c2cc3cc(Cc4nccc(-c5cc(OCC(CO)CO)ccn5)n4)ccc3[nH]2)CC1.CN1CCN(C(=O)c2cc3cc(Cc4nccc(-c5cc(OCC6(C)COC6)ccn5)n4)ccc3[nH]2)CC1. The van der Waals surface area contributed by atoms with Crippen molar-refractivity contribution < 1.29 is 43.5 Å². The highest BCUT2D eigenvalue weighted by atomic mass is 16.5. The number of hydrogen-bond donors (Lipinski definition) is 5. The summed E-state index contributed by atoms with van der Waals surface area (Å²) in [4.78, 5) is 102. The number of H-pyrrole nitrogens is 3. The van der Waals surface area contributed by atoms with E-state index in [2.05, 4.69) is 130 Å². The summed E-state index contributed by atoms with van der Waals surface area (Å²) >= 11 is 0. The Balaban J connectivity index is 0.000000134. The number of aliphatic hydroxyl groups is 2. The fourth-order valence-electron chi connectivity index (χ4n) is 14.1. The molecule has 13 heterocycles. The molecule has 3 amide bonds. The molecule has 27 nitrogen and oxygen atoms in total. The molecule has 9 aromatic heterocycles. The van der Waals surface area contributed by atoms with Gasteiger partial charge >= 0.3 is 0 Å². The van der Waals surface area contributed by atoms with Crippen LogP contribution in [0.2, 0.25) is 0 Å². The second kappa shape index (κ2) is 35.3. The highest BCUT2D eigenvalue weighted by Gasteiger charge is 2.34. The molecule has 582 valence electrons. The second-order valence-corrected chi connectivity index (χ2v) is 30.2. The molecule has 17 rings (SSSR count). The van der Waals surface area contributed by atoms with Crippen LogP contribution in [0.15, 0.2) is 177 Å². The zero-order valence-electron chi connectivity index (χ0n) is 64.1. The van der Waals surface area contributed by atoms with Gasteiger partial charge in [0.2, 0.25) is 0 Å². The van der Waals surface area contributed by atoms with E-state index < -0.39 is 0 Å². The number of aromatic nitrogens is 12. The van der Waals surface area contributed by atoms with Crippen LogP contribution in [0.3, 0.4) is 0 Å². The quantitative estimate of drug-likeness (QED) is 0.0394. The van der Waals surface area contributed by atoms with Gasteiger partial charge in [-0.15, -0.1) is 0 Å². The Labute approximate surface area is 655 Å². The zero-order valence-corrected chi connectivity index (χ0v) is 64.1. The Morgan fingerprint density at radius 2 is 0.796 bits per heavy atom. The average molecular weight is 1520 g/mol. The topological polar surface area (TPSA) is 311 Å². The van der Waals surface area contributed by atoms with Crippen molar-refractivity contribution in [1.29, 1.82) is 0 Å². The molecule has 113 heavy (non-hydrogen) atoms. The molecule has 4 aliphatic heterocycles. The summed E-state index contributed by atoms with van der Waals surface area (Å²) in [6, 6.07) is 40.9. The van der Waals surface area contributed by atoms with E-state index in [1.165, 1.54) is 0 Å². The molecule has 0 radical (unpaired) electrons. The highest BCUT2D eigenvalue weighted by Crippen LogP contribution is 2.31. The van der Waals surface area contributed by atoms with Crippen molar-refractivity contribution >= 4 is 50.4 Å². The van der Waals surface area contributed by atoms with Crippen molar-refractivity contribution in [3.63, 3.8) is 0 Å². The van der Waals surface area contributed by atoms with Crippen molar-refractivity contribution in [3.05, 3.63) is 228 Å². The van der Waals surface area contributed by atoms with Crippen LogP contribution < -0.4 is 14.2 Å². The number of piperazine rings is 3. The van der Waals surface area contributed by atoms with Crippen LogP contribution in [-0.4, -0.2) is 263 Å². The van der Waals surface area contributed by atoms with E-state index in [0.29, 0.717) is 77.6 Å². The highest BCUT2D eigenvalue weighted by molar-refractivity contribution is 6.00. The number of ether oxygens (including phenoxy) is 4. The number of aromatic amines is 3. The van der Waals surface area contributed by atoms with Crippen LogP contribution >= 0.6 is 0 Å². The Kier molecular flexibility index (Phi) is 24.0. The molecule has 4 saturated heterocycles. The number of nitrogens with zero attached hydrogens (tertiary/aromatic N) is 15. The van der Waals surface area contributed by atoms with Gasteiger partial charge in [-0.1, -0.05) is 37.3 Å². The molecule has 0 spiro atoms. The lowest BCUT2D eigenvalue weighted by Gasteiger charge is -2.37. The van der Waals surface area contributed by atoms with E-state index in [0.717, 1.165) is 188 Å². The van der Waals surface area contributed by atoms with Crippen LogP contribution in [0.4, 0.5) is 0 Å². The Morgan fingerprint density at radius 3 is 1.16 bits per heavy atom. The monoisotopic (exact) mass is 1520 g/mol. The third-order valence-electron chi connectivity index (χ3n) is 21.1. The summed E-state index contributed by atoms with van der Waals surface area (Å²) in [7, 11) is 6.24. The summed E-state index contributed by atoms with van der Waals surface area (Å²) in [5, 5.41) is 21.5. The van der Waals surface area contributed by atoms with Crippen molar-refractivity contribution in [2.45, 2.75) is 45.1 Å². The first-order valence-electron chi connectivity index (χ1n) is 38.6. The summed E-state index contributed by atoms with van der Waals surface area (Å²) in [5.74, 6) is 4.05. The van der Waals surface area contributed by atoms with Crippen molar-refractivity contribution in [1.82, 2.24) is 89.2 Å². The fraction of sp³-hybridized carbons (Fsp3) is 0.349. The van der Waals surface area contributed by atoms with Gasteiger partial charge in [-0.05, 0) is 129 Å². The van der Waals surface area contributed by atoms with Gasteiger partial charge in [-0.2, -0.15) is 0 Å². The third-order valence-corrected chi connectivity index (χ3v) is 21.1. The Bertz CT molecular complexity index is 5340. The number of aliphatic hydroxyl groups excluding tert-OH is 2. The minimum atomic E-state index is -0.337. The molecule has 27 heteroatoms. The predicted octanol–water partition coefficient (Wildman–Crippen LogP) is 9.49. The summed E-state index contributed by atoms with van der Waals surface area (Å²) in [6.45, 7) is 14.0. The first kappa shape index (κ1) is 76.6. The minimum absolute atomic E-state index is 0.0360. The predicted molar refractivity (Wildman–Crippen MR) is 430 cm³/mol. The Morgan fingerprint density at radius 1 is 0.442 bits per heavy atom. The van der Waals surface area contributed by atoms with Gasteiger partial charge in [0.15, 0.2) is 0 Å². The van der Waals surface area contributed by atoms with E-state index in [4.69, 9.17) is 33.9 Å². The largest absolute Gasteiger partial charge is 0.493 e. The number of fused-ring (bicyclic) bond motifs is 3. The molecule has 0 bridgehead atoms. The summed E-state index contributed by atoms with van der Waals surface area (Å²) < 4.78 is 23.1. The zero-order chi connectivity index (χ0) is 77.8. The number of rotatable bonds is 22. The van der Waals surface area contributed by atoms with Crippen molar-refractivity contribution in [2.75, 3.05) is 139 Å². The Hall–Kier alpha value is -11.7. The number of carbonyl (C=O) groups is 3. The molecule has 0 saturated carbocycles. The van der Waals surface area contributed by atoms with Crippen molar-refractivity contribution in [2.24, 2.45) is 11.3 Å². The van der Waals surface area contributed by atoms with Crippen LogP contribution in [0.5, 0.6) is 17.2 Å². The maximum absolute atomic E-state index is 13.0. The molecular formula is C86H94N18O9. The summed E-state index contributed by atoms with van der Waals surface area (Å²) in [6.07, 6.45) is 18.5. The normalized spacial score (nSPS) is 16.1. The lowest BCUT2D eigenvalue weighted by molar-refractivity contribution is -0.120. The molecule has 3 aromatic carbocycles. The maximum Gasteiger partial charge on any atom is 0.270 e. The number of amides is 3. The molecule has 4 fully saturated rings. The number of likely N-dealkylation sites (N-methyl/N-ethyl adjacent to an activating group) is 3. The van der Waals surface area contributed by atoms with Crippen LogP contribution in [0.25, 0.3) is 66.9 Å². The molecule has 0 atom stereocenters. The lowest BCUT2D eigenvalue weighted by Crippen LogP contribution is -2.47. The third kappa shape index (κ3) is 19.4. The van der Waals surface area contributed by atoms with Gasteiger partial charge in [-0.3, -0.25) is 29.3 Å². The molecule has 0 unspecified atom stereocenters. The number of nitrogens with one attached hydrogen (secondary N) is 3. The van der Waals surface area contributed by atoms with Crippen LogP contribution in [0.1, 0.15) is 85.4 Å². The average Bonchev–Trinajstić information content (AvgIpc) is 1.70. The maximum atomic E-state index is 13.0. The molecular weight excluding hydrogens is 1430 g/mol. The minimum Gasteiger partial charge on any atom is -0.493 e. The summed E-state index contributed by atoms with van der Waals surface area (Å²) in [5.41, 5.74) is 12.3. The first-order chi connectivity index (χ1) is 55.1. The van der Waals surface area contributed by atoms with Crippen LogP contribution in [0, 0.1) is 11.3 Å². The number of hydrogen-bond acceptors (Lipinski definition) is 21. The number of benzene rings is 3. The number of carbonyl (C=O) groups excluding carboxylic acids is 3. The van der Waals surface area contributed by atoms with E-state index in [1.54, 1.807) is 55.4 Å². The van der Waals surface area contributed by atoms with Gasteiger partial charge in [0, 0.05) is 210 Å². The van der Waals surface area contributed by atoms with Crippen LogP contribution in [-0.2, 0) is 24.0 Å². The van der Waals surface area contributed by atoms with Gasteiger partial charge in [0.1, 0.15) is 57.9 Å². The van der Waals surface area contributed by atoms with Gasteiger partial charge in [-0.25, -0.2) is 29.9 Å². The van der Waals surface area contributed by atoms with E-state index in [9.17, 15) is 24.6 Å². The first-order valence-corrected chi connectivity index (χ1v) is 38.6. The van der Waals surface area contributed by atoms with Gasteiger partial charge in [0.05, 0.1) is 73.8 Å². The van der Waals surface area contributed by atoms with Gasteiger partial charge in [0.25, 0.3) is 17.7 Å². The standard InChI is InChI=1S/C29H32N6O3.C29H30N6O2.C28H32N6O4/c1-29(17-37-18-29)19-38-22-5-7-30-25(16-22)24-6-8-31-27(33-24)14-20-3-4-23-21(13-20)15-26(32-23)28(36)35-11-9-34(2)10-12-35;1-34-12-14-35(15-13-34)29(36)27-18-21-16-20(6-7-24(21)32-27)17-28-31-11-9-25(33-28)26-19-23(8-10-30-26)37-22-4-2-3-5-22;1-33-8-10-34(11-9-33)28(37)26-14-21-12-19(2-3-23(21)31-26)13-27-30-7-5-24(32-27)25-15-22(4-6-29-25)38-18-20(16-35)17-36/h3-8,13,15-16,32H,9-12,14,17-19H2,1-2H3;2-3,6-11,16,18-19,22,32H,4-5,12-15,17H2,1H3;2-7,12,14-15,20,31,35-36H,8-11,13,16-18H2,1H3. The van der Waals surface area contributed by atoms with Crippen molar-refractivity contribution in [3.8, 4) is 51.4 Å². The van der Waals surface area contributed by atoms with E-state index in [1.807, 2.05) is 93.6 Å². The molecule has 1 aliphatic carbocycles. The second-order valence-electron chi connectivity index (χ2n) is 30.2. The molecule has 12 aromatic rings. The van der Waals surface area contributed by atoms with E-state index in [-0.39, 0.29) is 55.0 Å². The fourth-order valence-corrected chi connectivity index (χ4v) is 14.1. The lowest BCUT2D eigenvalue weighted by atomic mass is 9.90. The molecule has 5 N–H and O–H groups in total. The van der Waals surface area contributed by atoms with Gasteiger partial charge < -0.3 is 73.5 Å². The number of pyridine rings is 3. The molecule has 5 aliphatic rings.